The van der Waals surface area contributed by atoms with E-state index >= 15 is 0 Å². The summed E-state index contributed by atoms with van der Waals surface area (Å²) in [7, 11) is 0. The normalized spacial score (nSPS) is 10.7. The van der Waals surface area contributed by atoms with Gasteiger partial charge in [-0.05, 0) is 50.1 Å². The van der Waals surface area contributed by atoms with Crippen LogP contribution in [-0.4, -0.2) is 16.8 Å². The van der Waals surface area contributed by atoms with Gasteiger partial charge in [0.25, 0.3) is 5.91 Å². The molecule has 2 aromatic carbocycles. The molecule has 0 bridgehead atoms. The molecular formula is C18H20BrNO. The molecule has 0 aliphatic rings. The maximum atomic E-state index is 12.8. The molecule has 0 unspecified atom stereocenters. The fourth-order valence-corrected chi connectivity index (χ4v) is 2.90. The molecule has 0 atom stereocenters. The van der Waals surface area contributed by atoms with Gasteiger partial charge in [0.05, 0.1) is 0 Å². The number of halogens is 1. The smallest absolute Gasteiger partial charge is 0.254 e. The number of rotatable bonds is 4. The molecule has 2 rings (SSSR count). The Bertz CT molecular complexity index is 602. The molecule has 3 heteroatoms. The zero-order valence-corrected chi connectivity index (χ0v) is 14.2. The Morgan fingerprint density at radius 3 is 2.38 bits per heavy atom. The van der Waals surface area contributed by atoms with Gasteiger partial charge in [0.2, 0.25) is 0 Å². The number of nitrogens with zero attached hydrogens (tertiary/aromatic N) is 1. The Morgan fingerprint density at radius 2 is 1.81 bits per heavy atom. The van der Waals surface area contributed by atoms with Crippen molar-refractivity contribution in [2.24, 2.45) is 0 Å². The van der Waals surface area contributed by atoms with Crippen LogP contribution in [0, 0.1) is 6.92 Å². The van der Waals surface area contributed by atoms with Crippen molar-refractivity contribution < 1.29 is 4.79 Å². The molecule has 0 aliphatic heterocycles. The van der Waals surface area contributed by atoms with Crippen LogP contribution in [0.15, 0.2) is 53.0 Å². The van der Waals surface area contributed by atoms with Gasteiger partial charge < -0.3 is 4.90 Å². The molecule has 21 heavy (non-hydrogen) atoms. The predicted molar refractivity (Wildman–Crippen MR) is 90.3 cm³/mol. The lowest BCUT2D eigenvalue weighted by molar-refractivity contribution is 0.0690. The molecule has 0 aliphatic carbocycles. The Labute approximate surface area is 134 Å². The SMILES string of the molecule is Cc1cc(Br)cc(C(=O)N(Cc2ccccc2)C(C)C)c1. The second kappa shape index (κ2) is 6.90. The van der Waals surface area contributed by atoms with Gasteiger partial charge in [0.15, 0.2) is 0 Å². The minimum Gasteiger partial charge on any atom is -0.332 e. The van der Waals surface area contributed by atoms with Crippen molar-refractivity contribution in [1.29, 1.82) is 0 Å². The maximum Gasteiger partial charge on any atom is 0.254 e. The van der Waals surface area contributed by atoms with Crippen molar-refractivity contribution in [1.82, 2.24) is 4.90 Å². The van der Waals surface area contributed by atoms with E-state index in [9.17, 15) is 4.79 Å². The number of hydrogen-bond donors (Lipinski definition) is 0. The van der Waals surface area contributed by atoms with E-state index in [0.29, 0.717) is 6.54 Å². The number of carbonyl (C=O) groups excluding carboxylic acids is 1. The van der Waals surface area contributed by atoms with Crippen LogP contribution in [0.1, 0.15) is 35.3 Å². The molecule has 0 heterocycles. The lowest BCUT2D eigenvalue weighted by Gasteiger charge is -2.27. The number of aryl methyl sites for hydroxylation is 1. The average molecular weight is 346 g/mol. The van der Waals surface area contributed by atoms with Gasteiger partial charge in [-0.15, -0.1) is 0 Å². The molecule has 0 fully saturated rings. The fraction of sp³-hybridized carbons (Fsp3) is 0.278. The van der Waals surface area contributed by atoms with Crippen LogP contribution in [0.3, 0.4) is 0 Å². The number of hydrogen-bond acceptors (Lipinski definition) is 1. The Hall–Kier alpha value is -1.61. The van der Waals surface area contributed by atoms with E-state index in [4.69, 9.17) is 0 Å². The van der Waals surface area contributed by atoms with Gasteiger partial charge in [-0.3, -0.25) is 4.79 Å². The molecule has 110 valence electrons. The van der Waals surface area contributed by atoms with Gasteiger partial charge in [-0.1, -0.05) is 46.3 Å². The molecule has 0 radical (unpaired) electrons. The Morgan fingerprint density at radius 1 is 1.14 bits per heavy atom. The van der Waals surface area contributed by atoms with Crippen LogP contribution in [-0.2, 0) is 6.54 Å². The fourth-order valence-electron chi connectivity index (χ4n) is 2.29. The van der Waals surface area contributed by atoms with Crippen LogP contribution < -0.4 is 0 Å². The van der Waals surface area contributed by atoms with E-state index in [1.807, 2.05) is 62.1 Å². The van der Waals surface area contributed by atoms with Gasteiger partial charge in [-0.2, -0.15) is 0 Å². The average Bonchev–Trinajstić information content (AvgIpc) is 2.44. The first-order valence-corrected chi connectivity index (χ1v) is 7.89. The molecule has 0 aromatic heterocycles. The van der Waals surface area contributed by atoms with E-state index in [-0.39, 0.29) is 11.9 Å². The summed E-state index contributed by atoms with van der Waals surface area (Å²) in [4.78, 5) is 14.7. The summed E-state index contributed by atoms with van der Waals surface area (Å²) in [6, 6.07) is 16.1. The van der Waals surface area contributed by atoms with Gasteiger partial charge in [-0.25, -0.2) is 0 Å². The van der Waals surface area contributed by atoms with Gasteiger partial charge >= 0.3 is 0 Å². The topological polar surface area (TPSA) is 20.3 Å². The predicted octanol–water partition coefficient (Wildman–Crippen LogP) is 4.81. The summed E-state index contributed by atoms with van der Waals surface area (Å²) in [6.07, 6.45) is 0. The first-order valence-electron chi connectivity index (χ1n) is 7.09. The van der Waals surface area contributed by atoms with E-state index in [2.05, 4.69) is 28.1 Å². The van der Waals surface area contributed by atoms with Crippen molar-refractivity contribution in [3.8, 4) is 0 Å². The first kappa shape index (κ1) is 15.8. The highest BCUT2D eigenvalue weighted by atomic mass is 79.9. The lowest BCUT2D eigenvalue weighted by Crippen LogP contribution is -2.36. The van der Waals surface area contributed by atoms with E-state index in [0.717, 1.165) is 21.2 Å². The third-order valence-electron chi connectivity index (χ3n) is 3.37. The largest absolute Gasteiger partial charge is 0.332 e. The quantitative estimate of drug-likeness (QED) is 0.778. The van der Waals surface area contributed by atoms with Gasteiger partial charge in [0.1, 0.15) is 0 Å². The van der Waals surface area contributed by atoms with E-state index in [1.165, 1.54) is 0 Å². The summed E-state index contributed by atoms with van der Waals surface area (Å²) in [6.45, 7) is 6.72. The molecule has 1 amide bonds. The second-order valence-corrected chi connectivity index (χ2v) is 6.45. The maximum absolute atomic E-state index is 12.8. The second-order valence-electron chi connectivity index (χ2n) is 5.53. The van der Waals surface area contributed by atoms with Crippen LogP contribution >= 0.6 is 15.9 Å². The van der Waals surface area contributed by atoms with Crippen LogP contribution in [0.4, 0.5) is 0 Å². The van der Waals surface area contributed by atoms with Crippen molar-refractivity contribution in [2.75, 3.05) is 0 Å². The minimum atomic E-state index is 0.0678. The molecule has 2 nitrogen and oxygen atoms in total. The highest BCUT2D eigenvalue weighted by Crippen LogP contribution is 2.19. The zero-order valence-electron chi connectivity index (χ0n) is 12.6. The number of benzene rings is 2. The van der Waals surface area contributed by atoms with E-state index in [1.54, 1.807) is 0 Å². The highest BCUT2D eigenvalue weighted by Gasteiger charge is 2.19. The van der Waals surface area contributed by atoms with Crippen LogP contribution in [0.25, 0.3) is 0 Å². The number of amides is 1. The van der Waals surface area contributed by atoms with Crippen molar-refractivity contribution in [3.63, 3.8) is 0 Å². The molecule has 2 aromatic rings. The molecular weight excluding hydrogens is 326 g/mol. The Balaban J connectivity index is 2.27. The first-order chi connectivity index (χ1) is 9.97. The summed E-state index contributed by atoms with van der Waals surface area (Å²) >= 11 is 3.46. The summed E-state index contributed by atoms with van der Waals surface area (Å²) in [5.41, 5.74) is 2.95. The standard InChI is InChI=1S/C18H20BrNO/c1-13(2)20(12-15-7-5-4-6-8-15)18(21)16-9-14(3)10-17(19)11-16/h4-11,13H,12H2,1-3H3. The molecule has 0 N–H and O–H groups in total. The Kier molecular flexibility index (Phi) is 5.18. The van der Waals surface area contributed by atoms with Crippen LogP contribution in [0.5, 0.6) is 0 Å². The zero-order chi connectivity index (χ0) is 15.4. The van der Waals surface area contributed by atoms with Crippen molar-refractivity contribution in [2.45, 2.75) is 33.4 Å². The summed E-state index contributed by atoms with van der Waals surface area (Å²) in [5, 5.41) is 0. The summed E-state index contributed by atoms with van der Waals surface area (Å²) in [5.74, 6) is 0.0678. The molecule has 0 saturated heterocycles. The lowest BCUT2D eigenvalue weighted by atomic mass is 10.1. The van der Waals surface area contributed by atoms with E-state index < -0.39 is 0 Å². The number of carbonyl (C=O) groups is 1. The molecule has 0 spiro atoms. The third-order valence-corrected chi connectivity index (χ3v) is 3.83. The van der Waals surface area contributed by atoms with Crippen molar-refractivity contribution in [3.05, 3.63) is 69.7 Å². The monoisotopic (exact) mass is 345 g/mol. The van der Waals surface area contributed by atoms with Crippen LogP contribution in [0.2, 0.25) is 0 Å². The van der Waals surface area contributed by atoms with Crippen molar-refractivity contribution >= 4 is 21.8 Å². The summed E-state index contributed by atoms with van der Waals surface area (Å²) < 4.78 is 0.939. The van der Waals surface area contributed by atoms with Gasteiger partial charge in [0, 0.05) is 22.6 Å². The third kappa shape index (κ3) is 4.18. The highest BCUT2D eigenvalue weighted by molar-refractivity contribution is 9.10. The minimum absolute atomic E-state index is 0.0678. The molecule has 0 saturated carbocycles.